The van der Waals surface area contributed by atoms with Gasteiger partial charge in [-0.25, -0.2) is 14.8 Å². The molecule has 1 saturated heterocycles. The van der Waals surface area contributed by atoms with Crippen LogP contribution in [0.25, 0.3) is 0 Å². The molecule has 0 bridgehead atoms. The predicted molar refractivity (Wildman–Crippen MR) is 111 cm³/mol. The van der Waals surface area contributed by atoms with Gasteiger partial charge in [0.05, 0.1) is 25.0 Å². The second-order valence-corrected chi connectivity index (χ2v) is 8.11. The van der Waals surface area contributed by atoms with Crippen molar-refractivity contribution in [3.05, 3.63) is 35.0 Å². The van der Waals surface area contributed by atoms with E-state index in [1.54, 1.807) is 31.5 Å². The molecule has 1 amide bonds. The molecule has 0 unspecified atom stereocenters. The summed E-state index contributed by atoms with van der Waals surface area (Å²) in [5, 5.41) is 0.772. The molecule has 0 atom stereocenters. The van der Waals surface area contributed by atoms with E-state index in [4.69, 9.17) is 9.47 Å². The number of amides is 1. The van der Waals surface area contributed by atoms with E-state index >= 15 is 0 Å². The van der Waals surface area contributed by atoms with E-state index in [9.17, 15) is 9.59 Å². The van der Waals surface area contributed by atoms with Crippen molar-refractivity contribution in [3.63, 3.8) is 0 Å². The summed E-state index contributed by atoms with van der Waals surface area (Å²) in [7, 11) is 0. The highest BCUT2D eigenvalue weighted by atomic mass is 32.1. The molecule has 156 valence electrons. The van der Waals surface area contributed by atoms with E-state index in [1.165, 1.54) is 11.3 Å². The number of aromatic nitrogens is 2. The summed E-state index contributed by atoms with van der Waals surface area (Å²) in [6.45, 7) is 9.33. The number of carbonyl (C=O) groups excluding carboxylic acids is 2. The fourth-order valence-corrected chi connectivity index (χ4v) is 3.70. The highest BCUT2D eigenvalue weighted by molar-refractivity contribution is 7.17. The molecular weight excluding hydrogens is 392 g/mol. The molecule has 0 saturated carbocycles. The summed E-state index contributed by atoms with van der Waals surface area (Å²) in [5.41, 5.74) is 0.550. The van der Waals surface area contributed by atoms with Crippen LogP contribution >= 0.6 is 11.3 Å². The van der Waals surface area contributed by atoms with Crippen molar-refractivity contribution in [2.24, 2.45) is 5.92 Å². The molecule has 3 rings (SSSR count). The lowest BCUT2D eigenvalue weighted by Gasteiger charge is -2.34. The highest BCUT2D eigenvalue weighted by Gasteiger charge is 2.24. The number of hydrogen-bond donors (Lipinski definition) is 0. The zero-order chi connectivity index (χ0) is 20.8. The normalized spacial score (nSPS) is 14.2. The smallest absolute Gasteiger partial charge is 0.350 e. The molecule has 2 aromatic rings. The van der Waals surface area contributed by atoms with Crippen molar-refractivity contribution in [2.45, 2.75) is 20.8 Å². The van der Waals surface area contributed by atoms with Crippen LogP contribution in [0.2, 0.25) is 0 Å². The molecule has 1 aliphatic heterocycles. The molecule has 0 aliphatic carbocycles. The lowest BCUT2D eigenvalue weighted by atomic mass is 10.2. The zero-order valence-electron chi connectivity index (χ0n) is 17.0. The Bertz CT molecular complexity index is 829. The van der Waals surface area contributed by atoms with Crippen molar-refractivity contribution >= 4 is 28.3 Å². The monoisotopic (exact) mass is 418 g/mol. The number of nitrogens with zero attached hydrogens (tertiary/aromatic N) is 4. The van der Waals surface area contributed by atoms with Crippen molar-refractivity contribution in [3.8, 4) is 5.88 Å². The fourth-order valence-electron chi connectivity index (χ4n) is 2.84. The maximum atomic E-state index is 12.7. The van der Waals surface area contributed by atoms with Crippen LogP contribution in [0.15, 0.2) is 24.5 Å². The van der Waals surface area contributed by atoms with Gasteiger partial charge in [-0.1, -0.05) is 25.2 Å². The maximum absolute atomic E-state index is 12.7. The number of esters is 1. The first kappa shape index (κ1) is 21.0. The average Bonchev–Trinajstić information content (AvgIpc) is 3.23. The van der Waals surface area contributed by atoms with Crippen molar-refractivity contribution in [1.82, 2.24) is 14.9 Å². The van der Waals surface area contributed by atoms with Crippen LogP contribution in [-0.4, -0.2) is 66.1 Å². The van der Waals surface area contributed by atoms with Gasteiger partial charge in [0.2, 0.25) is 5.88 Å². The molecular formula is C20H26N4O4S. The minimum Gasteiger partial charge on any atom is -0.477 e. The number of ether oxygens (including phenoxy) is 2. The number of pyridine rings is 1. The van der Waals surface area contributed by atoms with Gasteiger partial charge in [0.15, 0.2) is 5.13 Å². The van der Waals surface area contributed by atoms with Gasteiger partial charge in [0, 0.05) is 38.4 Å². The van der Waals surface area contributed by atoms with Crippen LogP contribution in [0.5, 0.6) is 5.88 Å². The second-order valence-electron chi connectivity index (χ2n) is 7.10. The topological polar surface area (TPSA) is 84.9 Å². The Morgan fingerprint density at radius 2 is 1.90 bits per heavy atom. The minimum atomic E-state index is -0.349. The minimum absolute atomic E-state index is 0.0427. The zero-order valence-corrected chi connectivity index (χ0v) is 17.8. The van der Waals surface area contributed by atoms with Crippen LogP contribution in [0.3, 0.4) is 0 Å². The standard InChI is InChI=1S/C20H26N4O4S/c1-4-27-19(26)16-12-22-20(29-16)24-9-7-23(8-10-24)18(25)15-5-6-17(21-11-15)28-13-14(2)3/h5-6,11-12,14H,4,7-10,13H2,1-3H3. The Morgan fingerprint density at radius 1 is 1.14 bits per heavy atom. The van der Waals surface area contributed by atoms with E-state index in [0.717, 1.165) is 5.13 Å². The van der Waals surface area contributed by atoms with Crippen molar-refractivity contribution in [1.29, 1.82) is 0 Å². The van der Waals surface area contributed by atoms with Gasteiger partial charge >= 0.3 is 5.97 Å². The molecule has 29 heavy (non-hydrogen) atoms. The molecule has 9 heteroatoms. The lowest BCUT2D eigenvalue weighted by molar-refractivity contribution is 0.0531. The maximum Gasteiger partial charge on any atom is 0.350 e. The summed E-state index contributed by atoms with van der Waals surface area (Å²) in [4.78, 5) is 37.5. The van der Waals surface area contributed by atoms with Gasteiger partial charge in [-0.05, 0) is 18.9 Å². The van der Waals surface area contributed by atoms with Crippen LogP contribution in [-0.2, 0) is 4.74 Å². The van der Waals surface area contributed by atoms with Crippen molar-refractivity contribution < 1.29 is 19.1 Å². The first-order valence-electron chi connectivity index (χ1n) is 9.74. The van der Waals surface area contributed by atoms with Crippen molar-refractivity contribution in [2.75, 3.05) is 44.3 Å². The molecule has 2 aromatic heterocycles. The molecule has 0 spiro atoms. The molecule has 0 radical (unpaired) electrons. The van der Waals surface area contributed by atoms with Crippen LogP contribution in [0.4, 0.5) is 5.13 Å². The van der Waals surface area contributed by atoms with Gasteiger partial charge in [-0.2, -0.15) is 0 Å². The molecule has 0 aromatic carbocycles. The van der Waals surface area contributed by atoms with Gasteiger partial charge in [0.1, 0.15) is 4.88 Å². The first-order valence-corrected chi connectivity index (χ1v) is 10.6. The summed E-state index contributed by atoms with van der Waals surface area (Å²) < 4.78 is 10.6. The SMILES string of the molecule is CCOC(=O)c1cnc(N2CCN(C(=O)c3ccc(OCC(C)C)nc3)CC2)s1. The average molecular weight is 419 g/mol. The molecule has 3 heterocycles. The number of anilines is 1. The van der Waals surface area contributed by atoms with Gasteiger partial charge in [-0.15, -0.1) is 0 Å². The third kappa shape index (κ3) is 5.44. The fraction of sp³-hybridized carbons (Fsp3) is 0.500. The van der Waals surface area contributed by atoms with E-state index < -0.39 is 0 Å². The van der Waals surface area contributed by atoms with Crippen LogP contribution < -0.4 is 9.64 Å². The Hall–Kier alpha value is -2.68. The van der Waals surface area contributed by atoms with Crippen LogP contribution in [0.1, 0.15) is 40.8 Å². The largest absolute Gasteiger partial charge is 0.477 e. The molecule has 1 aliphatic rings. The Balaban J connectivity index is 1.53. The quantitative estimate of drug-likeness (QED) is 0.639. The van der Waals surface area contributed by atoms with E-state index in [2.05, 4.69) is 28.7 Å². The van der Waals surface area contributed by atoms with Crippen LogP contribution in [0, 0.1) is 5.92 Å². The third-order valence-corrected chi connectivity index (χ3v) is 5.39. The van der Waals surface area contributed by atoms with Gasteiger partial charge in [-0.3, -0.25) is 4.79 Å². The van der Waals surface area contributed by atoms with E-state index in [1.807, 2.05) is 4.90 Å². The summed E-state index contributed by atoms with van der Waals surface area (Å²) in [6, 6.07) is 3.49. The molecule has 1 fully saturated rings. The Kier molecular flexibility index (Phi) is 7.03. The van der Waals surface area contributed by atoms with E-state index in [-0.39, 0.29) is 11.9 Å². The number of carbonyl (C=O) groups is 2. The summed E-state index contributed by atoms with van der Waals surface area (Å²) in [5.74, 6) is 0.555. The third-order valence-electron chi connectivity index (χ3n) is 4.36. The van der Waals surface area contributed by atoms with Gasteiger partial charge in [0.25, 0.3) is 5.91 Å². The second kappa shape index (κ2) is 9.69. The number of rotatable bonds is 7. The number of hydrogen-bond acceptors (Lipinski definition) is 8. The Labute approximate surface area is 174 Å². The number of thiazole rings is 1. The predicted octanol–water partition coefficient (Wildman–Crippen LogP) is 2.71. The number of piperazine rings is 1. The molecule has 8 nitrogen and oxygen atoms in total. The lowest BCUT2D eigenvalue weighted by Crippen LogP contribution is -2.48. The molecule has 0 N–H and O–H groups in total. The first-order chi connectivity index (χ1) is 14.0. The van der Waals surface area contributed by atoms with E-state index in [0.29, 0.717) is 61.6 Å². The highest BCUT2D eigenvalue weighted by Crippen LogP contribution is 2.24. The Morgan fingerprint density at radius 3 is 2.52 bits per heavy atom. The summed E-state index contributed by atoms with van der Waals surface area (Å²) >= 11 is 1.31. The van der Waals surface area contributed by atoms with Gasteiger partial charge < -0.3 is 19.3 Å². The summed E-state index contributed by atoms with van der Waals surface area (Å²) in [6.07, 6.45) is 3.11.